The predicted octanol–water partition coefficient (Wildman–Crippen LogP) is 11.4. The summed E-state index contributed by atoms with van der Waals surface area (Å²) < 4.78 is 2.78. The summed E-state index contributed by atoms with van der Waals surface area (Å²) in [6.45, 7) is 0. The maximum absolute atomic E-state index is 5.00. The van der Waals surface area contributed by atoms with Gasteiger partial charge in [0, 0.05) is 0 Å². The predicted molar refractivity (Wildman–Crippen MR) is 206 cm³/mol. The van der Waals surface area contributed by atoms with Crippen molar-refractivity contribution in [3.05, 3.63) is 164 Å². The first-order chi connectivity index (χ1) is 24.3. The van der Waals surface area contributed by atoms with Crippen LogP contribution in [0.4, 0.5) is 0 Å². The number of hydrogen-bond donors (Lipinski definition) is 0. The molecule has 0 fully saturated rings. The second-order valence-electron chi connectivity index (χ2n) is 12.4. The van der Waals surface area contributed by atoms with Gasteiger partial charge in [0.05, 0.1) is 0 Å². The zero-order chi connectivity index (χ0) is 32.3. The Morgan fingerprint density at radius 3 is 1.61 bits per heavy atom. The van der Waals surface area contributed by atoms with E-state index >= 15 is 0 Å². The van der Waals surface area contributed by atoms with E-state index < -0.39 is 0 Å². The molecule has 0 spiro atoms. The summed E-state index contributed by atoms with van der Waals surface area (Å²) >= 11 is 0.124. The molecule has 0 atom stereocenters. The molecule has 0 amide bonds. The summed E-state index contributed by atoms with van der Waals surface area (Å²) in [5, 5.41) is 10.4. The van der Waals surface area contributed by atoms with Crippen molar-refractivity contribution in [1.29, 1.82) is 0 Å². The van der Waals surface area contributed by atoms with Gasteiger partial charge in [0.1, 0.15) is 0 Å². The molecule has 0 aliphatic heterocycles. The first-order valence-electron chi connectivity index (χ1n) is 16.4. The fraction of sp³-hybridized carbons (Fsp3) is 0. The zero-order valence-electron chi connectivity index (χ0n) is 26.3. The van der Waals surface area contributed by atoms with Gasteiger partial charge in [0.25, 0.3) is 0 Å². The summed E-state index contributed by atoms with van der Waals surface area (Å²) in [7, 11) is 0. The van der Waals surface area contributed by atoms with Gasteiger partial charge in [-0.2, -0.15) is 0 Å². The van der Waals surface area contributed by atoms with E-state index in [1.54, 1.807) is 0 Å². The van der Waals surface area contributed by atoms with Gasteiger partial charge in [-0.25, -0.2) is 0 Å². The van der Waals surface area contributed by atoms with Crippen molar-refractivity contribution >= 4 is 66.1 Å². The first-order valence-corrected chi connectivity index (χ1v) is 18.2. The monoisotopic (exact) mass is 689 g/mol. The van der Waals surface area contributed by atoms with Gasteiger partial charge in [-0.3, -0.25) is 0 Å². The van der Waals surface area contributed by atoms with Crippen LogP contribution >= 0.6 is 0 Å². The van der Waals surface area contributed by atoms with Crippen LogP contribution < -0.4 is 0 Å². The topological polar surface area (TPSA) is 38.7 Å². The van der Waals surface area contributed by atoms with Gasteiger partial charge < -0.3 is 0 Å². The van der Waals surface area contributed by atoms with Crippen LogP contribution in [-0.4, -0.2) is 29.5 Å². The number of rotatable bonds is 4. The Hall–Kier alpha value is -5.93. The molecule has 2 heterocycles. The van der Waals surface area contributed by atoms with E-state index in [1.807, 2.05) is 36.4 Å². The normalized spacial score (nSPS) is 11.7. The zero-order valence-corrected chi connectivity index (χ0v) is 28.1. The molecule has 4 heteroatoms. The van der Waals surface area contributed by atoms with Crippen molar-refractivity contribution in [1.82, 2.24) is 15.0 Å². The van der Waals surface area contributed by atoms with E-state index in [2.05, 4.69) is 127 Å². The summed E-state index contributed by atoms with van der Waals surface area (Å²) in [5.74, 6) is 2.05. The fourth-order valence-electron chi connectivity index (χ4n) is 7.09. The Morgan fingerprint density at radius 2 is 0.878 bits per heavy atom. The van der Waals surface area contributed by atoms with Crippen molar-refractivity contribution in [2.75, 3.05) is 0 Å². The number of nitrogens with zero attached hydrogens (tertiary/aromatic N) is 3. The second-order valence-corrected chi connectivity index (χ2v) is 14.6. The van der Waals surface area contributed by atoms with Crippen LogP contribution in [0.2, 0.25) is 0 Å². The van der Waals surface area contributed by atoms with Crippen molar-refractivity contribution < 1.29 is 0 Å². The van der Waals surface area contributed by atoms with Crippen molar-refractivity contribution in [3.63, 3.8) is 0 Å². The third-order valence-corrected chi connectivity index (χ3v) is 12.0. The third kappa shape index (κ3) is 4.76. The van der Waals surface area contributed by atoms with Gasteiger partial charge in [-0.1, -0.05) is 0 Å². The summed E-state index contributed by atoms with van der Waals surface area (Å²) in [6.07, 6.45) is 0. The number of hydrogen-bond acceptors (Lipinski definition) is 3. The van der Waals surface area contributed by atoms with E-state index in [-0.39, 0.29) is 14.5 Å². The van der Waals surface area contributed by atoms with Crippen LogP contribution in [0.1, 0.15) is 0 Å². The first kappa shape index (κ1) is 28.1. The molecule has 0 aliphatic rings. The van der Waals surface area contributed by atoms with E-state index in [0.29, 0.717) is 17.5 Å². The average Bonchev–Trinajstić information content (AvgIpc) is 3.56. The molecule has 10 aromatic rings. The molecule has 0 bridgehead atoms. The summed E-state index contributed by atoms with van der Waals surface area (Å²) in [5.41, 5.74) is 5.53. The van der Waals surface area contributed by atoms with Gasteiger partial charge in [0.15, 0.2) is 0 Å². The van der Waals surface area contributed by atoms with Gasteiger partial charge in [-0.05, 0) is 0 Å². The van der Waals surface area contributed by atoms with Gasteiger partial charge in [0.2, 0.25) is 0 Å². The Morgan fingerprint density at radius 1 is 0.327 bits per heavy atom. The molecule has 2 aromatic heterocycles. The maximum atomic E-state index is 5.00. The van der Waals surface area contributed by atoms with Crippen LogP contribution in [0.5, 0.6) is 0 Å². The van der Waals surface area contributed by atoms with Crippen molar-refractivity contribution in [2.45, 2.75) is 0 Å². The van der Waals surface area contributed by atoms with Crippen LogP contribution in [0, 0.1) is 0 Å². The van der Waals surface area contributed by atoms with Crippen LogP contribution in [0.3, 0.4) is 0 Å². The molecular formula is C45H27N3Se. The number of aromatic nitrogens is 3. The minimum atomic E-state index is 0.124. The van der Waals surface area contributed by atoms with Gasteiger partial charge in [-0.15, -0.1) is 0 Å². The number of benzene rings is 8. The Kier molecular flexibility index (Phi) is 6.51. The molecule has 3 nitrogen and oxygen atoms in total. The van der Waals surface area contributed by atoms with Crippen LogP contribution in [0.25, 0.3) is 96.9 Å². The quantitative estimate of drug-likeness (QED) is 0.136. The molecule has 228 valence electrons. The van der Waals surface area contributed by atoms with E-state index in [4.69, 9.17) is 15.0 Å². The SMILES string of the molecule is c1ccc(-c2nc(-c3ccccc3)nc(-c3ccc4c(c3)[se]c3c(-c5ccc6ccc7c8ccccc8ccc7c6c5)cccc34)n2)cc1. The molecule has 0 saturated carbocycles. The van der Waals surface area contributed by atoms with Crippen molar-refractivity contribution in [3.8, 4) is 45.3 Å². The molecule has 49 heavy (non-hydrogen) atoms. The molecule has 10 rings (SSSR count). The summed E-state index contributed by atoms with van der Waals surface area (Å²) in [6, 6.07) is 58.5. The molecular weight excluding hydrogens is 661 g/mol. The summed E-state index contributed by atoms with van der Waals surface area (Å²) in [4.78, 5) is 14.9. The Labute approximate surface area is 288 Å². The molecule has 0 unspecified atom stereocenters. The molecule has 0 radical (unpaired) electrons. The van der Waals surface area contributed by atoms with Crippen LogP contribution in [0.15, 0.2) is 164 Å². The minimum absolute atomic E-state index is 0.124. The van der Waals surface area contributed by atoms with Crippen LogP contribution in [-0.2, 0) is 0 Å². The van der Waals surface area contributed by atoms with Crippen molar-refractivity contribution in [2.24, 2.45) is 0 Å². The van der Waals surface area contributed by atoms with E-state index in [9.17, 15) is 0 Å². The Balaban J connectivity index is 1.12. The van der Waals surface area contributed by atoms with E-state index in [1.165, 1.54) is 62.7 Å². The number of fused-ring (bicyclic) bond motifs is 8. The van der Waals surface area contributed by atoms with E-state index in [0.717, 1.165) is 16.7 Å². The standard InChI is InChI=1S/C45H27N3Se/c1-3-11-30(12-4-1)43-46-44(31-13-5-2-6-14-31)48-45(47-43)33-22-25-38-39-17-9-16-35(42(39)49-41(38)27-33)32-19-18-29-21-23-36-34-15-8-7-10-28(34)20-24-37(36)40(29)26-32/h1-27H. The second kappa shape index (κ2) is 11.3. The third-order valence-electron chi connectivity index (χ3n) is 9.51. The molecule has 0 saturated heterocycles. The Bertz CT molecular complexity index is 2820. The fourth-order valence-corrected chi connectivity index (χ4v) is 9.77. The molecule has 0 aliphatic carbocycles. The van der Waals surface area contributed by atoms with Gasteiger partial charge >= 0.3 is 290 Å². The molecule has 0 N–H and O–H groups in total. The average molecular weight is 689 g/mol. The molecule has 8 aromatic carbocycles.